The highest BCUT2D eigenvalue weighted by Gasteiger charge is 1.90. The smallest absolute Gasteiger partial charge is 0.119 e. The lowest BCUT2D eigenvalue weighted by atomic mass is 10.3. The Labute approximate surface area is 77.6 Å². The van der Waals surface area contributed by atoms with Crippen LogP contribution in [0.2, 0.25) is 5.02 Å². The maximum Gasteiger partial charge on any atom is 0.119 e. The molecule has 63 valence electrons. The summed E-state index contributed by atoms with van der Waals surface area (Å²) >= 11 is 5.69. The quantitative estimate of drug-likeness (QED) is 0.696. The Morgan fingerprint density at radius 1 is 1.33 bits per heavy atom. The first-order valence-corrected chi connectivity index (χ1v) is 4.03. The van der Waals surface area contributed by atoms with Gasteiger partial charge in [-0.15, -0.1) is 0 Å². The van der Waals surface area contributed by atoms with Crippen LogP contribution in [0.3, 0.4) is 0 Å². The van der Waals surface area contributed by atoms with Crippen molar-refractivity contribution in [2.45, 2.75) is 0 Å². The van der Waals surface area contributed by atoms with Gasteiger partial charge in [0, 0.05) is 5.02 Å². The van der Waals surface area contributed by atoms with E-state index in [0.717, 1.165) is 10.8 Å². The summed E-state index contributed by atoms with van der Waals surface area (Å²) in [7, 11) is 0. The molecule has 0 heterocycles. The average Bonchev–Trinajstić information content (AvgIpc) is 2.09. The Morgan fingerprint density at radius 3 is 2.58 bits per heavy atom. The second-order valence-electron chi connectivity index (χ2n) is 2.24. The van der Waals surface area contributed by atoms with Crippen molar-refractivity contribution >= 4 is 11.6 Å². The number of allylic oxidation sites excluding steroid dienone is 1. The number of hydrogen-bond acceptors (Lipinski definition) is 1. The fraction of sp³-hybridized carbons (Fsp3) is 0.100. The molecule has 0 aliphatic heterocycles. The topological polar surface area (TPSA) is 9.23 Å². The lowest BCUT2D eigenvalue weighted by Crippen LogP contribution is -1.92. The Bertz CT molecular complexity index is 251. The molecule has 0 bridgehead atoms. The third-order valence-corrected chi connectivity index (χ3v) is 1.58. The van der Waals surface area contributed by atoms with Crippen LogP contribution in [0.25, 0.3) is 0 Å². The van der Waals surface area contributed by atoms with Gasteiger partial charge in [-0.3, -0.25) is 0 Å². The summed E-state index contributed by atoms with van der Waals surface area (Å²) < 4.78 is 5.32. The van der Waals surface area contributed by atoms with E-state index in [1.54, 1.807) is 18.2 Å². The minimum atomic E-state index is 0.547. The first-order valence-electron chi connectivity index (χ1n) is 3.65. The summed E-state index contributed by atoms with van der Waals surface area (Å²) in [5, 5.41) is 0.718. The van der Waals surface area contributed by atoms with Crippen LogP contribution in [0.4, 0.5) is 0 Å². The monoisotopic (exact) mass is 181 g/mol. The molecule has 1 rings (SSSR count). The molecule has 0 amide bonds. The molecule has 0 spiro atoms. The first kappa shape index (κ1) is 9.14. The maximum absolute atomic E-state index is 5.69. The van der Waals surface area contributed by atoms with Crippen molar-refractivity contribution in [3.63, 3.8) is 0 Å². The second kappa shape index (κ2) is 4.83. The van der Waals surface area contributed by atoms with Crippen LogP contribution in [-0.4, -0.2) is 6.61 Å². The largest absolute Gasteiger partial charge is 0.490 e. The third kappa shape index (κ3) is 2.97. The molecule has 0 saturated carbocycles. The van der Waals surface area contributed by atoms with Crippen molar-refractivity contribution in [1.29, 1.82) is 0 Å². The van der Waals surface area contributed by atoms with Gasteiger partial charge in [0.05, 0.1) is 0 Å². The molecule has 0 atom stereocenters. The fourth-order valence-electron chi connectivity index (χ4n) is 0.743. The number of halogens is 1. The molecule has 0 unspecified atom stereocenters. The summed E-state index contributed by atoms with van der Waals surface area (Å²) in [6.45, 7) is 4.10. The molecular weight excluding hydrogens is 172 g/mol. The Kier molecular flexibility index (Phi) is 3.68. The molecule has 1 aromatic carbocycles. The molecular formula is C10H10ClO. The lowest BCUT2D eigenvalue weighted by molar-refractivity contribution is 0.363. The molecule has 1 nitrogen and oxygen atoms in total. The van der Waals surface area contributed by atoms with Gasteiger partial charge in [-0.05, 0) is 31.2 Å². The summed E-state index contributed by atoms with van der Waals surface area (Å²) in [5.74, 6) is 0.817. The van der Waals surface area contributed by atoms with Gasteiger partial charge in [0.1, 0.15) is 12.4 Å². The van der Waals surface area contributed by atoms with E-state index >= 15 is 0 Å². The second-order valence-corrected chi connectivity index (χ2v) is 2.67. The third-order valence-electron chi connectivity index (χ3n) is 1.33. The molecule has 12 heavy (non-hydrogen) atoms. The van der Waals surface area contributed by atoms with Gasteiger partial charge < -0.3 is 4.74 Å². The van der Waals surface area contributed by atoms with Crippen molar-refractivity contribution in [1.82, 2.24) is 0 Å². The number of rotatable bonds is 3. The Balaban J connectivity index is 2.47. The zero-order chi connectivity index (χ0) is 8.81. The van der Waals surface area contributed by atoms with Crippen molar-refractivity contribution in [3.8, 4) is 5.75 Å². The number of hydrogen-bond donors (Lipinski definition) is 0. The van der Waals surface area contributed by atoms with Crippen LogP contribution < -0.4 is 4.74 Å². The molecule has 2 heteroatoms. The van der Waals surface area contributed by atoms with Gasteiger partial charge in [-0.2, -0.15) is 0 Å². The van der Waals surface area contributed by atoms with E-state index in [0.29, 0.717) is 6.61 Å². The van der Waals surface area contributed by atoms with Gasteiger partial charge in [0.25, 0.3) is 0 Å². The lowest BCUT2D eigenvalue weighted by Gasteiger charge is -2.01. The van der Waals surface area contributed by atoms with Crippen molar-refractivity contribution in [3.05, 3.63) is 48.4 Å². The zero-order valence-corrected chi connectivity index (χ0v) is 7.42. The predicted molar refractivity (Wildman–Crippen MR) is 51.4 cm³/mol. The minimum Gasteiger partial charge on any atom is -0.490 e. The van der Waals surface area contributed by atoms with E-state index in [2.05, 4.69) is 6.92 Å². The number of benzene rings is 1. The van der Waals surface area contributed by atoms with Crippen molar-refractivity contribution < 1.29 is 4.74 Å². The molecule has 0 aliphatic carbocycles. The van der Waals surface area contributed by atoms with E-state index in [1.165, 1.54) is 0 Å². The fourth-order valence-corrected chi connectivity index (χ4v) is 0.869. The van der Waals surface area contributed by atoms with E-state index in [4.69, 9.17) is 16.3 Å². The van der Waals surface area contributed by atoms with Crippen LogP contribution in [0, 0.1) is 6.92 Å². The van der Waals surface area contributed by atoms with Crippen LogP contribution in [0.1, 0.15) is 0 Å². The standard InChI is InChI=1S/C10H10ClO/c1-2-3-8-12-10-6-4-9(11)5-7-10/h2-7H,1,8H2/b3-2+. The van der Waals surface area contributed by atoms with Crippen molar-refractivity contribution in [2.24, 2.45) is 0 Å². The molecule has 0 aromatic heterocycles. The number of ether oxygens (including phenoxy) is 1. The Hall–Kier alpha value is -0.950. The SMILES string of the molecule is [CH2]/C=C/COc1ccc(Cl)cc1. The van der Waals surface area contributed by atoms with Crippen molar-refractivity contribution in [2.75, 3.05) is 6.61 Å². The normalized spacial score (nSPS) is 10.5. The van der Waals surface area contributed by atoms with E-state index in [-0.39, 0.29) is 0 Å². The average molecular weight is 182 g/mol. The molecule has 0 N–H and O–H groups in total. The van der Waals surface area contributed by atoms with Crippen LogP contribution in [-0.2, 0) is 0 Å². The van der Waals surface area contributed by atoms with E-state index in [1.807, 2.05) is 18.2 Å². The van der Waals surface area contributed by atoms with Gasteiger partial charge in [-0.1, -0.05) is 23.8 Å². The molecule has 1 radical (unpaired) electrons. The molecule has 0 saturated heterocycles. The van der Waals surface area contributed by atoms with Crippen LogP contribution in [0.5, 0.6) is 5.75 Å². The Morgan fingerprint density at radius 2 is 2.00 bits per heavy atom. The van der Waals surface area contributed by atoms with E-state index in [9.17, 15) is 0 Å². The molecule has 0 fully saturated rings. The van der Waals surface area contributed by atoms with Crippen LogP contribution >= 0.6 is 11.6 Å². The van der Waals surface area contributed by atoms with Gasteiger partial charge in [0.2, 0.25) is 0 Å². The molecule has 1 aromatic rings. The minimum absolute atomic E-state index is 0.547. The van der Waals surface area contributed by atoms with Gasteiger partial charge in [0.15, 0.2) is 0 Å². The maximum atomic E-state index is 5.69. The highest BCUT2D eigenvalue weighted by atomic mass is 35.5. The summed E-state index contributed by atoms with van der Waals surface area (Å²) in [6.07, 6.45) is 3.55. The predicted octanol–water partition coefficient (Wildman–Crippen LogP) is 3.11. The van der Waals surface area contributed by atoms with Crippen LogP contribution in [0.15, 0.2) is 36.4 Å². The highest BCUT2D eigenvalue weighted by molar-refractivity contribution is 6.30. The van der Waals surface area contributed by atoms with Gasteiger partial charge >= 0.3 is 0 Å². The van der Waals surface area contributed by atoms with E-state index < -0.39 is 0 Å². The molecule has 0 aliphatic rings. The highest BCUT2D eigenvalue weighted by Crippen LogP contribution is 2.15. The summed E-state index contributed by atoms with van der Waals surface area (Å²) in [4.78, 5) is 0. The summed E-state index contributed by atoms with van der Waals surface area (Å²) in [5.41, 5.74) is 0. The zero-order valence-electron chi connectivity index (χ0n) is 6.66. The summed E-state index contributed by atoms with van der Waals surface area (Å²) in [6, 6.07) is 7.26. The van der Waals surface area contributed by atoms with Gasteiger partial charge in [-0.25, -0.2) is 0 Å². The first-order chi connectivity index (χ1) is 5.83.